The molecule has 0 atom stereocenters. The van der Waals surface area contributed by atoms with Gasteiger partial charge in [-0.05, 0) is 5.92 Å². The van der Waals surface area contributed by atoms with E-state index in [4.69, 9.17) is 5.11 Å². The maximum atomic E-state index is 12.7. The third-order valence-electron chi connectivity index (χ3n) is 2.93. The van der Waals surface area contributed by atoms with Crippen LogP contribution in [0.15, 0.2) is 16.3 Å². The van der Waals surface area contributed by atoms with E-state index in [0.29, 0.717) is 0 Å². The molecular formula is C11H11F7N2O2. The van der Waals surface area contributed by atoms with Gasteiger partial charge in [0.05, 0.1) is 5.70 Å². The number of aliphatic carboxylic acids is 1. The lowest BCUT2D eigenvalue weighted by molar-refractivity contribution is -0.130. The number of alkyl halides is 7. The molecule has 0 unspecified atom stereocenters. The lowest BCUT2D eigenvalue weighted by Gasteiger charge is -2.33. The van der Waals surface area contributed by atoms with Crippen molar-refractivity contribution in [2.75, 3.05) is 6.54 Å². The number of nitrogens with two attached hydrogens (primary N) is 1. The number of halogens is 7. The maximum absolute atomic E-state index is 12.7. The van der Waals surface area contributed by atoms with Crippen LogP contribution in [0.2, 0.25) is 0 Å². The van der Waals surface area contributed by atoms with Crippen molar-refractivity contribution >= 4 is 11.7 Å². The van der Waals surface area contributed by atoms with Crippen LogP contribution in [0.5, 0.6) is 0 Å². The van der Waals surface area contributed by atoms with Gasteiger partial charge in [-0.25, -0.2) is 22.4 Å². The number of allylic oxidation sites excluding steroid dienone is 1. The van der Waals surface area contributed by atoms with E-state index in [1.54, 1.807) is 0 Å². The van der Waals surface area contributed by atoms with Crippen LogP contribution in [-0.4, -0.2) is 41.9 Å². The molecule has 1 rings (SSSR count). The SMILES string of the molecule is NC(=C(C(=NCC1CC(F)(F)C1)C(=O)O)C(F)(F)F)C(F)F. The first-order valence-corrected chi connectivity index (χ1v) is 5.86. The summed E-state index contributed by atoms with van der Waals surface area (Å²) in [5.41, 5.74) is -1.32. The average Bonchev–Trinajstić information content (AvgIpc) is 2.28. The first-order valence-electron chi connectivity index (χ1n) is 5.86. The summed E-state index contributed by atoms with van der Waals surface area (Å²) in [5, 5.41) is 8.73. The Morgan fingerprint density at radius 2 is 1.82 bits per heavy atom. The van der Waals surface area contributed by atoms with Crippen molar-refractivity contribution in [3.8, 4) is 0 Å². The van der Waals surface area contributed by atoms with E-state index in [1.807, 2.05) is 0 Å². The molecule has 0 saturated heterocycles. The highest BCUT2D eigenvalue weighted by Crippen LogP contribution is 2.42. The van der Waals surface area contributed by atoms with E-state index in [0.717, 1.165) is 0 Å². The van der Waals surface area contributed by atoms with Crippen LogP contribution in [-0.2, 0) is 4.79 Å². The number of carboxylic acids is 1. The number of carbonyl (C=O) groups is 1. The van der Waals surface area contributed by atoms with Crippen LogP contribution in [0.4, 0.5) is 30.7 Å². The van der Waals surface area contributed by atoms with Gasteiger partial charge < -0.3 is 10.8 Å². The quantitative estimate of drug-likeness (QED) is 0.599. The molecule has 0 aliphatic heterocycles. The fourth-order valence-corrected chi connectivity index (χ4v) is 1.93. The molecule has 0 heterocycles. The Balaban J connectivity index is 3.11. The Labute approximate surface area is 119 Å². The molecule has 22 heavy (non-hydrogen) atoms. The molecule has 1 saturated carbocycles. The Morgan fingerprint density at radius 1 is 1.32 bits per heavy atom. The van der Waals surface area contributed by atoms with Gasteiger partial charge in [0, 0.05) is 19.4 Å². The van der Waals surface area contributed by atoms with Gasteiger partial charge in [0.15, 0.2) is 5.71 Å². The third-order valence-corrected chi connectivity index (χ3v) is 2.93. The minimum Gasteiger partial charge on any atom is -0.477 e. The van der Waals surface area contributed by atoms with Crippen LogP contribution >= 0.6 is 0 Å². The fourth-order valence-electron chi connectivity index (χ4n) is 1.93. The molecule has 0 aromatic heterocycles. The monoisotopic (exact) mass is 336 g/mol. The normalized spacial score (nSPS) is 20.6. The van der Waals surface area contributed by atoms with Gasteiger partial charge in [0.1, 0.15) is 5.57 Å². The summed E-state index contributed by atoms with van der Waals surface area (Å²) in [7, 11) is 0. The molecule has 1 aliphatic carbocycles. The van der Waals surface area contributed by atoms with Gasteiger partial charge in [0.25, 0.3) is 6.43 Å². The summed E-state index contributed by atoms with van der Waals surface area (Å²) in [5.74, 6) is -6.00. The molecule has 3 N–H and O–H groups in total. The van der Waals surface area contributed by atoms with Gasteiger partial charge in [-0.3, -0.25) is 4.99 Å². The van der Waals surface area contributed by atoms with E-state index >= 15 is 0 Å². The highest BCUT2D eigenvalue weighted by Gasteiger charge is 2.46. The molecule has 0 spiro atoms. The molecule has 1 fully saturated rings. The Hall–Kier alpha value is -1.81. The van der Waals surface area contributed by atoms with Gasteiger partial charge in [-0.2, -0.15) is 13.2 Å². The van der Waals surface area contributed by atoms with Crippen LogP contribution in [0.3, 0.4) is 0 Å². The molecule has 1 aliphatic rings. The summed E-state index contributed by atoms with van der Waals surface area (Å²) in [6, 6.07) is 0. The van der Waals surface area contributed by atoms with Gasteiger partial charge in [-0.15, -0.1) is 0 Å². The van der Waals surface area contributed by atoms with Gasteiger partial charge >= 0.3 is 12.1 Å². The molecule has 0 aromatic rings. The number of hydrogen-bond acceptors (Lipinski definition) is 3. The second-order valence-corrected chi connectivity index (χ2v) is 4.75. The van der Waals surface area contributed by atoms with E-state index < -0.39 is 66.8 Å². The van der Waals surface area contributed by atoms with Crippen molar-refractivity contribution in [2.24, 2.45) is 16.6 Å². The van der Waals surface area contributed by atoms with Crippen LogP contribution in [0.25, 0.3) is 0 Å². The van der Waals surface area contributed by atoms with Crippen LogP contribution < -0.4 is 5.73 Å². The molecule has 0 radical (unpaired) electrons. The Bertz CT molecular complexity index is 503. The van der Waals surface area contributed by atoms with E-state index in [9.17, 15) is 35.5 Å². The lowest BCUT2D eigenvalue weighted by Crippen LogP contribution is -2.38. The zero-order valence-electron chi connectivity index (χ0n) is 10.8. The lowest BCUT2D eigenvalue weighted by atomic mass is 9.81. The smallest absolute Gasteiger partial charge is 0.420 e. The summed E-state index contributed by atoms with van der Waals surface area (Å²) in [6.07, 6.45) is -10.5. The largest absolute Gasteiger partial charge is 0.477 e. The first kappa shape index (κ1) is 18.2. The molecule has 4 nitrogen and oxygen atoms in total. The van der Waals surface area contributed by atoms with Gasteiger partial charge in [0.2, 0.25) is 5.92 Å². The van der Waals surface area contributed by atoms with Crippen molar-refractivity contribution in [1.82, 2.24) is 0 Å². The van der Waals surface area contributed by atoms with Crippen LogP contribution in [0.1, 0.15) is 12.8 Å². The highest BCUT2D eigenvalue weighted by atomic mass is 19.4. The number of carboxylic acid groups (broad SMARTS) is 1. The first-order chi connectivity index (χ1) is 9.85. The van der Waals surface area contributed by atoms with E-state index in [2.05, 4.69) is 10.7 Å². The predicted octanol–water partition coefficient (Wildman–Crippen LogP) is 2.60. The summed E-state index contributed by atoms with van der Waals surface area (Å²) < 4.78 is 88.2. The molecule has 126 valence electrons. The average molecular weight is 336 g/mol. The minimum atomic E-state index is -5.47. The van der Waals surface area contributed by atoms with Gasteiger partial charge in [-0.1, -0.05) is 0 Å². The Morgan fingerprint density at radius 3 is 2.14 bits per heavy atom. The molecular weight excluding hydrogens is 325 g/mol. The molecule has 11 heteroatoms. The standard InChI is InChI=1S/C11H11F7N2O2/c12-8(13)6(19)5(11(16,17)18)7(9(21)22)20-3-4-1-10(14,15)2-4/h4,8H,1-3,19H2,(H,21,22). The predicted molar refractivity (Wildman–Crippen MR) is 60.9 cm³/mol. The Kier molecular flexibility index (Phi) is 5.08. The number of hydrogen-bond donors (Lipinski definition) is 2. The minimum absolute atomic E-state index is 0.646. The zero-order chi connectivity index (χ0) is 17.3. The van der Waals surface area contributed by atoms with Crippen molar-refractivity contribution in [3.63, 3.8) is 0 Å². The number of aliphatic imine (C=N–C) groups is 1. The summed E-state index contributed by atoms with van der Waals surface area (Å²) >= 11 is 0. The second kappa shape index (κ2) is 6.13. The zero-order valence-corrected chi connectivity index (χ0v) is 10.8. The molecule has 0 bridgehead atoms. The van der Waals surface area contributed by atoms with E-state index in [1.165, 1.54) is 0 Å². The van der Waals surface area contributed by atoms with E-state index in [-0.39, 0.29) is 0 Å². The molecule has 0 aromatic carbocycles. The molecule has 0 amide bonds. The van der Waals surface area contributed by atoms with Crippen molar-refractivity contribution in [2.45, 2.75) is 31.4 Å². The highest BCUT2D eigenvalue weighted by molar-refractivity contribution is 6.43. The summed E-state index contributed by atoms with van der Waals surface area (Å²) in [4.78, 5) is 13.9. The number of rotatable bonds is 5. The van der Waals surface area contributed by atoms with Crippen molar-refractivity contribution in [3.05, 3.63) is 11.3 Å². The summed E-state index contributed by atoms with van der Waals surface area (Å²) in [6.45, 7) is -0.646. The van der Waals surface area contributed by atoms with Crippen molar-refractivity contribution < 1.29 is 40.6 Å². The fraction of sp³-hybridized carbons (Fsp3) is 0.636. The van der Waals surface area contributed by atoms with Crippen LogP contribution in [0, 0.1) is 5.92 Å². The third kappa shape index (κ3) is 4.34. The maximum Gasteiger partial charge on any atom is 0.420 e. The topological polar surface area (TPSA) is 75.7 Å². The van der Waals surface area contributed by atoms with Crippen molar-refractivity contribution in [1.29, 1.82) is 0 Å². The second-order valence-electron chi connectivity index (χ2n) is 4.75. The number of nitrogens with zero attached hydrogens (tertiary/aromatic N) is 1.